The van der Waals surface area contributed by atoms with Crippen LogP contribution in [-0.4, -0.2) is 176 Å². The smallest absolute Gasteiger partial charge is 0.319 e. The number of hydrogen-bond donors (Lipinski definition) is 8. The van der Waals surface area contributed by atoms with Gasteiger partial charge in [-0.15, -0.1) is 0 Å². The van der Waals surface area contributed by atoms with Crippen molar-refractivity contribution in [1.82, 2.24) is 15.1 Å². The summed E-state index contributed by atoms with van der Waals surface area (Å²) in [5.41, 5.74) is -4.55. The van der Waals surface area contributed by atoms with E-state index in [9.17, 15) is 40.2 Å². The standard InChI is InChI=1S/C50H82N4O13/c1-13-38-50(10,62)42(56)32(6)54(23-17-22-51-47(59)52-36-21-16-19-34-18-14-15-20-35(34)36)27-28(2)25-49(9,61)44(67-46-40(55)37(53(11)12)24-29(3)63-46)30(4)41(31(5)45(58)65-38)66-39-26-48(8,60)43(57)33(7)64-39/h14-16,18-21,28-33,37-44,46,55-57,60-62H,13,17,22-27H2,1-12H3,(H2,51,52,59)/t28-,29-,30+,31-,32-,33+,37+,38-,39+,40-,41+,42-,43+,44-,46+,48-,49-,50-/m1/s1. The van der Waals surface area contributed by atoms with Gasteiger partial charge in [-0.3, -0.25) is 9.69 Å². The summed E-state index contributed by atoms with van der Waals surface area (Å²) in [6.07, 6.45) is -9.55. The van der Waals surface area contributed by atoms with Crippen molar-refractivity contribution in [2.45, 2.75) is 192 Å². The van der Waals surface area contributed by atoms with Gasteiger partial charge in [0.2, 0.25) is 0 Å². The molecule has 67 heavy (non-hydrogen) atoms. The Kier molecular flexibility index (Phi) is 18.7. The average Bonchev–Trinajstić information content (AvgIpc) is 3.25. The second-order valence-electron chi connectivity index (χ2n) is 20.8. The highest BCUT2D eigenvalue weighted by Crippen LogP contribution is 2.40. The molecule has 3 heterocycles. The van der Waals surface area contributed by atoms with E-state index in [1.54, 1.807) is 41.5 Å². The molecular formula is C50H82N4O13. The zero-order valence-corrected chi connectivity index (χ0v) is 41.8. The predicted molar refractivity (Wildman–Crippen MR) is 254 cm³/mol. The first-order valence-corrected chi connectivity index (χ1v) is 24.3. The first kappa shape index (κ1) is 54.9. The molecule has 3 saturated heterocycles. The number of esters is 1. The van der Waals surface area contributed by atoms with Crippen molar-refractivity contribution in [2.75, 3.05) is 39.0 Å². The van der Waals surface area contributed by atoms with E-state index in [0.717, 1.165) is 10.8 Å². The Morgan fingerprint density at radius 2 is 1.57 bits per heavy atom. The molecule has 8 N–H and O–H groups in total. The van der Waals surface area contributed by atoms with Crippen LogP contribution in [0.1, 0.15) is 101 Å². The number of hydrogen-bond acceptors (Lipinski definition) is 15. The highest BCUT2D eigenvalue weighted by molar-refractivity contribution is 6.01. The number of amides is 2. The number of rotatable bonds is 11. The van der Waals surface area contributed by atoms with Crippen molar-refractivity contribution in [3.8, 4) is 0 Å². The SMILES string of the molecule is CC[C@H]1OC(=O)[C@H](C)[C@@H](O[C@H]2C[C@@](C)(O)[C@@H](O)[C@H](C)O2)[C@H](C)[C@@H](O[C@@H]2O[C@H](C)C[C@H](N(C)C)[C@H]2O)[C@](C)(O)C[C@@H](C)CN(CCCNC(=O)Nc2cccc3ccccc23)[C@H](C)[C@@H](O)[C@]1(C)O. The molecule has 2 aromatic carbocycles. The molecule has 3 fully saturated rings. The van der Waals surface area contributed by atoms with Crippen LogP contribution in [0.15, 0.2) is 42.5 Å². The van der Waals surface area contributed by atoms with Crippen LogP contribution in [0.3, 0.4) is 0 Å². The largest absolute Gasteiger partial charge is 0.459 e. The summed E-state index contributed by atoms with van der Waals surface area (Å²) >= 11 is 0. The lowest BCUT2D eigenvalue weighted by molar-refractivity contribution is -0.316. The first-order chi connectivity index (χ1) is 31.3. The number of carbonyl (C=O) groups excluding carboxylic acids is 2. The van der Waals surface area contributed by atoms with E-state index >= 15 is 0 Å². The van der Waals surface area contributed by atoms with Crippen LogP contribution in [-0.2, 0) is 28.5 Å². The molecule has 0 saturated carbocycles. The molecule has 0 spiro atoms. The van der Waals surface area contributed by atoms with Crippen LogP contribution < -0.4 is 10.6 Å². The number of anilines is 1. The number of cyclic esters (lactones) is 1. The van der Waals surface area contributed by atoms with Crippen LogP contribution in [0.4, 0.5) is 10.5 Å². The molecule has 2 aromatic rings. The molecule has 0 bridgehead atoms. The second kappa shape index (κ2) is 22.8. The minimum absolute atomic E-state index is 0.125. The summed E-state index contributed by atoms with van der Waals surface area (Å²) in [5.74, 6) is -3.02. The van der Waals surface area contributed by atoms with Crippen molar-refractivity contribution >= 4 is 28.5 Å². The van der Waals surface area contributed by atoms with Gasteiger partial charge in [-0.05, 0) is 106 Å². The molecule has 17 nitrogen and oxygen atoms in total. The number of benzene rings is 2. The van der Waals surface area contributed by atoms with Crippen LogP contribution in [0.25, 0.3) is 10.8 Å². The van der Waals surface area contributed by atoms with Crippen LogP contribution in [0.2, 0.25) is 0 Å². The highest BCUT2D eigenvalue weighted by Gasteiger charge is 2.52. The Balaban J connectivity index is 1.47. The van der Waals surface area contributed by atoms with Crippen molar-refractivity contribution < 1.29 is 63.9 Å². The van der Waals surface area contributed by atoms with Gasteiger partial charge in [-0.25, -0.2) is 4.79 Å². The number of likely N-dealkylation sites (N-methyl/N-ethyl adjacent to an activating group) is 1. The van der Waals surface area contributed by atoms with E-state index in [2.05, 4.69) is 10.6 Å². The highest BCUT2D eigenvalue weighted by atomic mass is 16.7. The van der Waals surface area contributed by atoms with Gasteiger partial charge in [0.25, 0.3) is 0 Å². The number of urea groups is 1. The van der Waals surface area contributed by atoms with Gasteiger partial charge >= 0.3 is 12.0 Å². The van der Waals surface area contributed by atoms with Gasteiger partial charge < -0.3 is 69.9 Å². The lowest BCUT2D eigenvalue weighted by Crippen LogP contribution is -2.60. The Bertz CT molecular complexity index is 1910. The molecule has 17 heteroatoms. The van der Waals surface area contributed by atoms with Crippen LogP contribution in [0.5, 0.6) is 0 Å². The van der Waals surface area contributed by atoms with Crippen molar-refractivity contribution in [2.24, 2.45) is 17.8 Å². The molecule has 0 aliphatic carbocycles. The van der Waals surface area contributed by atoms with E-state index in [0.29, 0.717) is 31.6 Å². The number of aliphatic hydroxyl groups is 6. The fourth-order valence-corrected chi connectivity index (χ4v) is 10.7. The molecular weight excluding hydrogens is 865 g/mol. The molecule has 0 radical (unpaired) electrons. The summed E-state index contributed by atoms with van der Waals surface area (Å²) in [7, 11) is 3.73. The second-order valence-corrected chi connectivity index (χ2v) is 20.8. The topological polar surface area (TPSA) is 232 Å². The minimum Gasteiger partial charge on any atom is -0.459 e. The third-order valence-electron chi connectivity index (χ3n) is 14.5. The lowest BCUT2D eigenvalue weighted by atomic mass is 9.77. The minimum atomic E-state index is -1.94. The van der Waals surface area contributed by atoms with Crippen molar-refractivity contribution in [3.63, 3.8) is 0 Å². The van der Waals surface area contributed by atoms with E-state index in [1.165, 1.54) is 13.8 Å². The molecule has 380 valence electrons. The summed E-state index contributed by atoms with van der Waals surface area (Å²) in [5, 5.41) is 78.5. The predicted octanol–water partition coefficient (Wildman–Crippen LogP) is 3.98. The Labute approximate surface area is 397 Å². The summed E-state index contributed by atoms with van der Waals surface area (Å²) in [6, 6.07) is 12.1. The Hall–Kier alpha value is -3.04. The maximum absolute atomic E-state index is 14.5. The maximum atomic E-state index is 14.5. The molecule has 2 amide bonds. The monoisotopic (exact) mass is 947 g/mol. The quantitative estimate of drug-likeness (QED) is 0.118. The number of nitrogens with zero attached hydrogens (tertiary/aromatic N) is 2. The van der Waals surface area contributed by atoms with Crippen molar-refractivity contribution in [1.29, 1.82) is 0 Å². The number of fused-ring (bicyclic) bond motifs is 1. The first-order valence-electron chi connectivity index (χ1n) is 24.3. The molecule has 0 aromatic heterocycles. The van der Waals surface area contributed by atoms with Gasteiger partial charge in [0, 0.05) is 49.4 Å². The Morgan fingerprint density at radius 1 is 0.896 bits per heavy atom. The van der Waals surface area contributed by atoms with E-state index in [1.807, 2.05) is 80.2 Å². The molecule has 3 aliphatic rings. The van der Waals surface area contributed by atoms with E-state index in [-0.39, 0.29) is 49.9 Å². The number of carbonyl (C=O) groups is 2. The summed E-state index contributed by atoms with van der Waals surface area (Å²) in [6.45, 7) is 17.9. The molecule has 5 rings (SSSR count). The van der Waals surface area contributed by atoms with Gasteiger partial charge in [0.05, 0.1) is 47.2 Å². The molecule has 3 aliphatic heterocycles. The van der Waals surface area contributed by atoms with Gasteiger partial charge in [-0.2, -0.15) is 0 Å². The lowest BCUT2D eigenvalue weighted by Gasteiger charge is -2.48. The van der Waals surface area contributed by atoms with Gasteiger partial charge in [0.1, 0.15) is 30.0 Å². The number of aliphatic hydroxyl groups excluding tert-OH is 3. The normalized spacial score (nSPS) is 41.0. The maximum Gasteiger partial charge on any atom is 0.319 e. The number of ether oxygens (including phenoxy) is 5. The fraction of sp³-hybridized carbons (Fsp3) is 0.760. The zero-order valence-electron chi connectivity index (χ0n) is 41.8. The third kappa shape index (κ3) is 13.2. The van der Waals surface area contributed by atoms with E-state index in [4.69, 9.17) is 23.7 Å². The van der Waals surface area contributed by atoms with Crippen molar-refractivity contribution in [3.05, 3.63) is 42.5 Å². The van der Waals surface area contributed by atoms with E-state index < -0.39 is 96.0 Å². The third-order valence-corrected chi connectivity index (χ3v) is 14.5. The van der Waals surface area contributed by atoms with Crippen LogP contribution >= 0.6 is 0 Å². The average molecular weight is 947 g/mol. The van der Waals surface area contributed by atoms with Gasteiger partial charge in [-0.1, -0.05) is 57.2 Å². The Morgan fingerprint density at radius 3 is 2.22 bits per heavy atom. The molecule has 18 atom stereocenters. The molecule has 0 unspecified atom stereocenters. The zero-order chi connectivity index (χ0) is 49.8. The summed E-state index contributed by atoms with van der Waals surface area (Å²) < 4.78 is 31.9. The van der Waals surface area contributed by atoms with Gasteiger partial charge in [0.15, 0.2) is 12.6 Å². The fourth-order valence-electron chi connectivity index (χ4n) is 10.7. The number of nitrogens with one attached hydrogen (secondary N) is 2. The summed E-state index contributed by atoms with van der Waals surface area (Å²) in [4.78, 5) is 31.5. The van der Waals surface area contributed by atoms with Crippen LogP contribution in [0, 0.1) is 17.8 Å².